The summed E-state index contributed by atoms with van der Waals surface area (Å²) < 4.78 is 22.3. The van der Waals surface area contributed by atoms with Crippen LogP contribution in [0.2, 0.25) is 0 Å². The molecule has 0 aliphatic rings. The van der Waals surface area contributed by atoms with Gasteiger partial charge in [0, 0.05) is 13.0 Å². The Kier molecular flexibility index (Phi) is 2.84. The molecule has 70 valence electrons. The first-order valence-corrected chi connectivity index (χ1v) is 3.65. The molecule has 0 N–H and O–H groups in total. The zero-order chi connectivity index (χ0) is 9.84. The van der Waals surface area contributed by atoms with Crippen LogP contribution in [-0.4, -0.2) is 13.1 Å². The Morgan fingerprint density at radius 2 is 2.15 bits per heavy atom. The van der Waals surface area contributed by atoms with E-state index in [0.29, 0.717) is 0 Å². The first-order valence-electron chi connectivity index (χ1n) is 3.65. The van der Waals surface area contributed by atoms with Crippen LogP contribution in [-0.2, 0) is 4.79 Å². The van der Waals surface area contributed by atoms with E-state index >= 15 is 0 Å². The van der Waals surface area contributed by atoms with Gasteiger partial charge in [-0.25, -0.2) is 4.39 Å². The zero-order valence-corrected chi connectivity index (χ0v) is 7.33. The van der Waals surface area contributed by atoms with E-state index in [0.717, 1.165) is 0 Å². The molecule has 3 nitrogen and oxygen atoms in total. The van der Waals surface area contributed by atoms with Crippen LogP contribution < -0.4 is 9.47 Å². The van der Waals surface area contributed by atoms with Crippen LogP contribution >= 0.6 is 0 Å². The summed E-state index contributed by atoms with van der Waals surface area (Å²) in [5.41, 5.74) is 0. The Labute approximate surface area is 75.1 Å². The Bertz CT molecular complexity index is 323. The third-order valence-electron chi connectivity index (χ3n) is 1.38. The van der Waals surface area contributed by atoms with Gasteiger partial charge in [0.15, 0.2) is 11.6 Å². The van der Waals surface area contributed by atoms with E-state index in [1.807, 2.05) is 0 Å². The topological polar surface area (TPSA) is 35.5 Å². The number of benzene rings is 1. The number of halogens is 1. The molecule has 13 heavy (non-hydrogen) atoms. The number of esters is 1. The molecule has 1 aromatic rings. The maximum atomic E-state index is 12.8. The molecule has 0 spiro atoms. The molecule has 0 fully saturated rings. The molecule has 0 amide bonds. The molecule has 1 rings (SSSR count). The number of hydrogen-bond acceptors (Lipinski definition) is 3. The quantitative estimate of drug-likeness (QED) is 0.519. The highest BCUT2D eigenvalue weighted by Crippen LogP contribution is 2.22. The maximum absolute atomic E-state index is 12.8. The van der Waals surface area contributed by atoms with E-state index in [4.69, 9.17) is 9.47 Å². The van der Waals surface area contributed by atoms with Gasteiger partial charge in [0.05, 0.1) is 7.11 Å². The molecule has 0 radical (unpaired) electrons. The summed E-state index contributed by atoms with van der Waals surface area (Å²) in [4.78, 5) is 10.5. The second-order valence-electron chi connectivity index (χ2n) is 2.39. The highest BCUT2D eigenvalue weighted by Gasteiger charge is 2.05. The molecular weight excluding hydrogens is 175 g/mol. The Hall–Kier alpha value is -1.58. The number of rotatable bonds is 2. The molecule has 0 bridgehead atoms. The van der Waals surface area contributed by atoms with Crippen molar-refractivity contribution in [3.05, 3.63) is 24.0 Å². The number of hydrogen-bond donors (Lipinski definition) is 0. The fourth-order valence-corrected chi connectivity index (χ4v) is 0.870. The minimum atomic E-state index is -0.488. The number of ether oxygens (including phenoxy) is 2. The van der Waals surface area contributed by atoms with Gasteiger partial charge in [0.2, 0.25) is 0 Å². The summed E-state index contributed by atoms with van der Waals surface area (Å²) in [6, 6.07) is 3.85. The highest BCUT2D eigenvalue weighted by molar-refractivity contribution is 5.69. The second kappa shape index (κ2) is 3.89. The molecular formula is C9H9FO3. The predicted octanol–water partition coefficient (Wildman–Crippen LogP) is 1.76. The third-order valence-corrected chi connectivity index (χ3v) is 1.38. The summed E-state index contributed by atoms with van der Waals surface area (Å²) in [7, 11) is 1.34. The molecule has 0 unspecified atom stereocenters. The van der Waals surface area contributed by atoms with Crippen molar-refractivity contribution in [1.82, 2.24) is 0 Å². The summed E-state index contributed by atoms with van der Waals surface area (Å²) >= 11 is 0. The molecule has 0 aliphatic carbocycles. The lowest BCUT2D eigenvalue weighted by atomic mass is 10.3. The molecule has 0 atom stereocenters. The molecule has 0 heterocycles. The van der Waals surface area contributed by atoms with E-state index in [2.05, 4.69) is 0 Å². The second-order valence-corrected chi connectivity index (χ2v) is 2.39. The lowest BCUT2D eigenvalue weighted by Crippen LogP contribution is -2.01. The third kappa shape index (κ3) is 2.43. The smallest absolute Gasteiger partial charge is 0.308 e. The van der Waals surface area contributed by atoms with Crippen molar-refractivity contribution in [2.45, 2.75) is 6.92 Å². The summed E-state index contributed by atoms with van der Waals surface area (Å²) in [6.45, 7) is 1.27. The number of carbonyl (C=O) groups is 1. The molecule has 0 saturated heterocycles. The Morgan fingerprint density at radius 1 is 1.46 bits per heavy atom. The van der Waals surface area contributed by atoms with E-state index in [1.165, 1.54) is 32.2 Å². The van der Waals surface area contributed by atoms with Gasteiger partial charge < -0.3 is 9.47 Å². The van der Waals surface area contributed by atoms with Gasteiger partial charge in [-0.05, 0) is 12.1 Å². The average molecular weight is 184 g/mol. The molecule has 0 aromatic heterocycles. The number of carbonyl (C=O) groups excluding carboxylic acids is 1. The van der Waals surface area contributed by atoms with Gasteiger partial charge in [-0.2, -0.15) is 0 Å². The normalized spacial score (nSPS) is 9.46. The Morgan fingerprint density at radius 3 is 2.69 bits per heavy atom. The fraction of sp³-hybridized carbons (Fsp3) is 0.222. The van der Waals surface area contributed by atoms with Crippen LogP contribution in [0, 0.1) is 5.82 Å². The fourth-order valence-electron chi connectivity index (χ4n) is 0.870. The van der Waals surface area contributed by atoms with Crippen molar-refractivity contribution in [3.8, 4) is 11.5 Å². The monoisotopic (exact) mass is 184 g/mol. The van der Waals surface area contributed by atoms with Gasteiger partial charge >= 0.3 is 5.97 Å². The standard InChI is InChI=1S/C9H9FO3/c1-6(11)13-7-3-4-8(10)9(5-7)12-2/h3-5H,1-2H3. The van der Waals surface area contributed by atoms with E-state index in [9.17, 15) is 9.18 Å². The van der Waals surface area contributed by atoms with Crippen molar-refractivity contribution in [2.75, 3.05) is 7.11 Å². The van der Waals surface area contributed by atoms with Crippen LogP contribution in [0.25, 0.3) is 0 Å². The first kappa shape index (κ1) is 9.51. The van der Waals surface area contributed by atoms with Gasteiger partial charge in [-0.3, -0.25) is 4.79 Å². The van der Waals surface area contributed by atoms with Crippen molar-refractivity contribution in [3.63, 3.8) is 0 Å². The van der Waals surface area contributed by atoms with Crippen LogP contribution in [0.1, 0.15) is 6.92 Å². The average Bonchev–Trinajstić information content (AvgIpc) is 2.07. The van der Waals surface area contributed by atoms with E-state index in [1.54, 1.807) is 0 Å². The molecule has 0 aliphatic heterocycles. The Balaban J connectivity index is 2.92. The van der Waals surface area contributed by atoms with Crippen LogP contribution in [0.15, 0.2) is 18.2 Å². The van der Waals surface area contributed by atoms with Crippen molar-refractivity contribution in [1.29, 1.82) is 0 Å². The largest absolute Gasteiger partial charge is 0.494 e. The van der Waals surface area contributed by atoms with Gasteiger partial charge in [0.1, 0.15) is 5.75 Å². The zero-order valence-electron chi connectivity index (χ0n) is 7.33. The maximum Gasteiger partial charge on any atom is 0.308 e. The summed E-state index contributed by atoms with van der Waals surface area (Å²) in [5, 5.41) is 0. The van der Waals surface area contributed by atoms with Crippen LogP contribution in [0.3, 0.4) is 0 Å². The van der Waals surface area contributed by atoms with Gasteiger partial charge in [-0.1, -0.05) is 0 Å². The minimum absolute atomic E-state index is 0.0544. The van der Waals surface area contributed by atoms with Crippen molar-refractivity contribution in [2.24, 2.45) is 0 Å². The summed E-state index contributed by atoms with van der Waals surface area (Å²) in [6.07, 6.45) is 0. The van der Waals surface area contributed by atoms with E-state index < -0.39 is 11.8 Å². The van der Waals surface area contributed by atoms with Crippen molar-refractivity contribution < 1.29 is 18.7 Å². The molecule has 0 saturated carbocycles. The SMILES string of the molecule is COc1cc(OC(C)=O)ccc1F. The lowest BCUT2D eigenvalue weighted by molar-refractivity contribution is -0.131. The molecule has 4 heteroatoms. The van der Waals surface area contributed by atoms with E-state index in [-0.39, 0.29) is 11.5 Å². The van der Waals surface area contributed by atoms with Gasteiger partial charge in [0.25, 0.3) is 0 Å². The minimum Gasteiger partial charge on any atom is -0.494 e. The first-order chi connectivity index (χ1) is 6.13. The van der Waals surface area contributed by atoms with Crippen LogP contribution in [0.5, 0.6) is 11.5 Å². The highest BCUT2D eigenvalue weighted by atomic mass is 19.1. The predicted molar refractivity (Wildman–Crippen MR) is 44.3 cm³/mol. The van der Waals surface area contributed by atoms with Crippen LogP contribution in [0.4, 0.5) is 4.39 Å². The summed E-state index contributed by atoms with van der Waals surface area (Å²) in [5.74, 6) is -0.614. The van der Waals surface area contributed by atoms with Gasteiger partial charge in [-0.15, -0.1) is 0 Å². The molecule has 1 aromatic carbocycles. The lowest BCUT2D eigenvalue weighted by Gasteiger charge is -2.04. The number of methoxy groups -OCH3 is 1. The van der Waals surface area contributed by atoms with Crippen molar-refractivity contribution >= 4 is 5.97 Å².